The lowest BCUT2D eigenvalue weighted by Gasteiger charge is -2.12. The zero-order chi connectivity index (χ0) is 16.2. The van der Waals surface area contributed by atoms with E-state index in [1.807, 2.05) is 18.2 Å². The standard InChI is InChI=1S/C18H20N2O2S/c1-12(13-5-3-2-4-6-13)11-19-18(22)15-9-10-16(23-15)20-17(21)14-7-8-14/h2-6,9-10,12,14H,7-8,11H2,1H3,(H,19,22)(H,20,21)/t12-/m0/s1. The van der Waals surface area contributed by atoms with Crippen molar-refractivity contribution in [3.63, 3.8) is 0 Å². The minimum atomic E-state index is -0.0929. The van der Waals surface area contributed by atoms with Gasteiger partial charge in [0.1, 0.15) is 0 Å². The lowest BCUT2D eigenvalue weighted by atomic mass is 10.0. The Kier molecular flexibility index (Phi) is 4.76. The molecule has 3 rings (SSSR count). The highest BCUT2D eigenvalue weighted by Gasteiger charge is 2.29. The molecule has 0 bridgehead atoms. The molecule has 1 aliphatic carbocycles. The molecule has 0 unspecified atom stereocenters. The van der Waals surface area contributed by atoms with Crippen molar-refractivity contribution in [2.45, 2.75) is 25.7 Å². The number of hydrogen-bond acceptors (Lipinski definition) is 3. The summed E-state index contributed by atoms with van der Waals surface area (Å²) in [5.74, 6) is 0.400. The molecule has 1 aliphatic rings. The van der Waals surface area contributed by atoms with Gasteiger partial charge in [-0.25, -0.2) is 0 Å². The van der Waals surface area contributed by atoms with Crippen LogP contribution in [-0.4, -0.2) is 18.4 Å². The molecule has 4 nitrogen and oxygen atoms in total. The first-order valence-electron chi connectivity index (χ1n) is 7.87. The van der Waals surface area contributed by atoms with Crippen molar-refractivity contribution in [1.82, 2.24) is 5.32 Å². The first kappa shape index (κ1) is 15.7. The van der Waals surface area contributed by atoms with Crippen LogP contribution in [-0.2, 0) is 4.79 Å². The fourth-order valence-corrected chi connectivity index (χ4v) is 3.15. The Balaban J connectivity index is 1.52. The number of rotatable bonds is 6. The number of anilines is 1. The van der Waals surface area contributed by atoms with E-state index in [0.717, 1.165) is 17.8 Å². The molecule has 23 heavy (non-hydrogen) atoms. The highest BCUT2D eigenvalue weighted by molar-refractivity contribution is 7.18. The third-order valence-electron chi connectivity index (χ3n) is 3.96. The summed E-state index contributed by atoms with van der Waals surface area (Å²) in [7, 11) is 0. The Labute approximate surface area is 139 Å². The molecule has 0 saturated heterocycles. The van der Waals surface area contributed by atoms with Gasteiger partial charge in [0.25, 0.3) is 5.91 Å². The Morgan fingerprint density at radius 3 is 2.61 bits per heavy atom. The van der Waals surface area contributed by atoms with Crippen LogP contribution in [0.4, 0.5) is 5.00 Å². The number of benzene rings is 1. The predicted octanol–water partition coefficient (Wildman–Crippen LogP) is 3.63. The number of carbonyl (C=O) groups excluding carboxylic acids is 2. The van der Waals surface area contributed by atoms with Crippen LogP contribution in [0.2, 0.25) is 0 Å². The molecule has 0 spiro atoms. The van der Waals surface area contributed by atoms with Gasteiger partial charge in [-0.05, 0) is 36.5 Å². The zero-order valence-electron chi connectivity index (χ0n) is 13.0. The van der Waals surface area contributed by atoms with Gasteiger partial charge in [0.15, 0.2) is 0 Å². The van der Waals surface area contributed by atoms with Crippen LogP contribution in [0.25, 0.3) is 0 Å². The van der Waals surface area contributed by atoms with Crippen LogP contribution in [0.3, 0.4) is 0 Å². The first-order chi connectivity index (χ1) is 11.1. The summed E-state index contributed by atoms with van der Waals surface area (Å²) in [4.78, 5) is 24.6. The average molecular weight is 328 g/mol. The van der Waals surface area contributed by atoms with Crippen LogP contribution in [0, 0.1) is 5.92 Å². The molecule has 2 amide bonds. The van der Waals surface area contributed by atoms with Crippen molar-refractivity contribution in [3.8, 4) is 0 Å². The summed E-state index contributed by atoms with van der Waals surface area (Å²) in [6.45, 7) is 2.68. The second kappa shape index (κ2) is 6.96. The van der Waals surface area contributed by atoms with Crippen molar-refractivity contribution in [2.75, 3.05) is 11.9 Å². The molecule has 1 aromatic carbocycles. The molecular formula is C18H20N2O2S. The first-order valence-corrected chi connectivity index (χ1v) is 8.69. The van der Waals surface area contributed by atoms with Gasteiger partial charge in [-0.2, -0.15) is 0 Å². The Morgan fingerprint density at radius 1 is 1.17 bits per heavy atom. The van der Waals surface area contributed by atoms with E-state index < -0.39 is 0 Å². The van der Waals surface area contributed by atoms with Crippen LogP contribution in [0.5, 0.6) is 0 Å². The van der Waals surface area contributed by atoms with Crippen LogP contribution >= 0.6 is 11.3 Å². The third kappa shape index (κ3) is 4.20. The minimum Gasteiger partial charge on any atom is -0.351 e. The van der Waals surface area contributed by atoms with Crippen molar-refractivity contribution in [1.29, 1.82) is 0 Å². The molecule has 0 radical (unpaired) electrons. The van der Waals surface area contributed by atoms with Crippen LogP contribution in [0.1, 0.15) is 40.9 Å². The quantitative estimate of drug-likeness (QED) is 0.851. The van der Waals surface area contributed by atoms with Gasteiger partial charge < -0.3 is 10.6 Å². The number of carbonyl (C=O) groups is 2. The van der Waals surface area contributed by atoms with E-state index in [9.17, 15) is 9.59 Å². The zero-order valence-corrected chi connectivity index (χ0v) is 13.9. The van der Waals surface area contributed by atoms with Gasteiger partial charge in [-0.1, -0.05) is 37.3 Å². The van der Waals surface area contributed by atoms with Crippen molar-refractivity contribution >= 4 is 28.2 Å². The fraction of sp³-hybridized carbons (Fsp3) is 0.333. The summed E-state index contributed by atoms with van der Waals surface area (Å²) in [6, 6.07) is 13.7. The summed E-state index contributed by atoms with van der Waals surface area (Å²) in [6.07, 6.45) is 1.95. The maximum absolute atomic E-state index is 12.2. The predicted molar refractivity (Wildman–Crippen MR) is 92.9 cm³/mol. The lowest BCUT2D eigenvalue weighted by molar-refractivity contribution is -0.117. The summed E-state index contributed by atoms with van der Waals surface area (Å²) in [5, 5.41) is 6.57. The molecular weight excluding hydrogens is 308 g/mol. The molecule has 0 aliphatic heterocycles. The fourth-order valence-electron chi connectivity index (χ4n) is 2.33. The summed E-state index contributed by atoms with van der Waals surface area (Å²) < 4.78 is 0. The van der Waals surface area contributed by atoms with E-state index >= 15 is 0 Å². The largest absolute Gasteiger partial charge is 0.351 e. The molecule has 120 valence electrons. The number of thiophene rings is 1. The molecule has 1 heterocycles. The van der Waals surface area contributed by atoms with Gasteiger partial charge in [0, 0.05) is 12.5 Å². The van der Waals surface area contributed by atoms with Crippen LogP contribution < -0.4 is 10.6 Å². The third-order valence-corrected chi connectivity index (χ3v) is 4.96. The molecule has 2 aromatic rings. The van der Waals surface area contributed by atoms with Gasteiger partial charge in [-0.15, -0.1) is 11.3 Å². The molecule has 1 fully saturated rings. The lowest BCUT2D eigenvalue weighted by Crippen LogP contribution is -2.26. The molecule has 5 heteroatoms. The molecule has 1 saturated carbocycles. The normalized spacial score (nSPS) is 15.0. The number of nitrogens with one attached hydrogen (secondary N) is 2. The van der Waals surface area contributed by atoms with Gasteiger partial charge in [0.2, 0.25) is 5.91 Å². The smallest absolute Gasteiger partial charge is 0.261 e. The molecule has 1 aromatic heterocycles. The Hall–Kier alpha value is -2.14. The maximum atomic E-state index is 12.2. The van der Waals surface area contributed by atoms with Crippen molar-refractivity contribution in [2.24, 2.45) is 5.92 Å². The van der Waals surface area contributed by atoms with Gasteiger partial charge in [0.05, 0.1) is 9.88 Å². The van der Waals surface area contributed by atoms with Gasteiger partial charge in [-0.3, -0.25) is 9.59 Å². The second-order valence-corrected chi connectivity index (χ2v) is 7.03. The van der Waals surface area contributed by atoms with E-state index in [0.29, 0.717) is 11.4 Å². The van der Waals surface area contributed by atoms with E-state index in [2.05, 4.69) is 29.7 Å². The van der Waals surface area contributed by atoms with E-state index in [4.69, 9.17) is 0 Å². The highest BCUT2D eigenvalue weighted by Crippen LogP contribution is 2.31. The second-order valence-electron chi connectivity index (χ2n) is 5.95. The Morgan fingerprint density at radius 2 is 1.91 bits per heavy atom. The van der Waals surface area contributed by atoms with Crippen LogP contribution in [0.15, 0.2) is 42.5 Å². The maximum Gasteiger partial charge on any atom is 0.261 e. The summed E-state index contributed by atoms with van der Waals surface area (Å²) in [5.41, 5.74) is 1.20. The monoisotopic (exact) mass is 328 g/mol. The molecule has 1 atom stereocenters. The van der Waals surface area contributed by atoms with Crippen molar-refractivity contribution in [3.05, 3.63) is 52.9 Å². The van der Waals surface area contributed by atoms with E-state index in [1.165, 1.54) is 16.9 Å². The van der Waals surface area contributed by atoms with E-state index in [-0.39, 0.29) is 23.7 Å². The highest BCUT2D eigenvalue weighted by atomic mass is 32.1. The number of amides is 2. The Bertz CT molecular complexity index is 692. The topological polar surface area (TPSA) is 58.2 Å². The molecule has 2 N–H and O–H groups in total. The van der Waals surface area contributed by atoms with Crippen molar-refractivity contribution < 1.29 is 9.59 Å². The number of hydrogen-bond donors (Lipinski definition) is 2. The minimum absolute atomic E-state index is 0.0662. The average Bonchev–Trinajstić information content (AvgIpc) is 3.33. The van der Waals surface area contributed by atoms with E-state index in [1.54, 1.807) is 12.1 Å². The summed E-state index contributed by atoms with van der Waals surface area (Å²) >= 11 is 1.32. The van der Waals surface area contributed by atoms with Gasteiger partial charge >= 0.3 is 0 Å². The SMILES string of the molecule is C[C@@H](CNC(=O)c1ccc(NC(=O)C2CC2)s1)c1ccccc1.